The van der Waals surface area contributed by atoms with Crippen molar-refractivity contribution in [2.24, 2.45) is 0 Å². The maximum atomic E-state index is 14.3. The maximum absolute atomic E-state index is 14.3. The number of methoxy groups -OCH3 is 1. The molecule has 0 aliphatic rings. The number of rotatable bonds is 3. The van der Waals surface area contributed by atoms with Crippen molar-refractivity contribution in [1.82, 2.24) is 4.98 Å². The molecular formula is C20H18FNO. The molecule has 3 aromatic rings. The van der Waals surface area contributed by atoms with Gasteiger partial charge in [0.25, 0.3) is 0 Å². The summed E-state index contributed by atoms with van der Waals surface area (Å²) in [5.74, 6) is 0.352. The number of halogens is 1. The molecule has 0 radical (unpaired) electrons. The summed E-state index contributed by atoms with van der Waals surface area (Å²) in [6, 6.07) is 15.5. The van der Waals surface area contributed by atoms with E-state index >= 15 is 0 Å². The minimum Gasteiger partial charge on any atom is -0.496 e. The average molecular weight is 307 g/mol. The Kier molecular flexibility index (Phi) is 4.11. The standard InChI is InChI=1S/C20H18FNO/c1-4-19(23-3)15-10-9-14-6-5-7-16(18(14)12-15)17-11-8-13(2)22-20(17)21/h4-12H,1-3H3/b19-4-. The molecule has 2 nitrogen and oxygen atoms in total. The fourth-order valence-electron chi connectivity index (χ4n) is 2.79. The van der Waals surface area contributed by atoms with Crippen molar-refractivity contribution in [3.8, 4) is 11.1 Å². The van der Waals surface area contributed by atoms with Gasteiger partial charge in [-0.3, -0.25) is 0 Å². The van der Waals surface area contributed by atoms with Crippen LogP contribution in [0.25, 0.3) is 27.7 Å². The minimum atomic E-state index is -0.444. The van der Waals surface area contributed by atoms with E-state index in [9.17, 15) is 4.39 Å². The summed E-state index contributed by atoms with van der Waals surface area (Å²) in [6.07, 6.45) is 1.91. The number of fused-ring (bicyclic) bond motifs is 1. The van der Waals surface area contributed by atoms with Crippen LogP contribution >= 0.6 is 0 Å². The molecule has 0 saturated carbocycles. The molecule has 2 aromatic carbocycles. The van der Waals surface area contributed by atoms with Gasteiger partial charge in [-0.25, -0.2) is 4.98 Å². The van der Waals surface area contributed by atoms with Gasteiger partial charge in [0.2, 0.25) is 5.95 Å². The molecule has 0 spiro atoms. The lowest BCUT2D eigenvalue weighted by atomic mass is 9.97. The SMILES string of the molecule is C/C=C(\OC)c1ccc2cccc(-c3ccc(C)nc3F)c2c1. The van der Waals surface area contributed by atoms with Gasteiger partial charge in [-0.2, -0.15) is 4.39 Å². The van der Waals surface area contributed by atoms with Gasteiger partial charge in [0.1, 0.15) is 5.76 Å². The number of nitrogens with zero attached hydrogens (tertiary/aromatic N) is 1. The average Bonchev–Trinajstić information content (AvgIpc) is 2.56. The molecule has 3 heteroatoms. The van der Waals surface area contributed by atoms with Gasteiger partial charge in [0.05, 0.1) is 7.11 Å². The molecule has 0 fully saturated rings. The van der Waals surface area contributed by atoms with Crippen LogP contribution in [-0.4, -0.2) is 12.1 Å². The van der Waals surface area contributed by atoms with Crippen LogP contribution in [0.15, 0.2) is 54.6 Å². The summed E-state index contributed by atoms with van der Waals surface area (Å²) in [5.41, 5.74) is 2.98. The molecule has 0 N–H and O–H groups in total. The third-order valence-electron chi connectivity index (χ3n) is 3.93. The first-order valence-corrected chi connectivity index (χ1v) is 7.51. The third-order valence-corrected chi connectivity index (χ3v) is 3.93. The van der Waals surface area contributed by atoms with E-state index in [2.05, 4.69) is 4.98 Å². The first-order chi connectivity index (χ1) is 11.1. The molecule has 0 aliphatic heterocycles. The van der Waals surface area contributed by atoms with Gasteiger partial charge in [-0.15, -0.1) is 0 Å². The molecule has 23 heavy (non-hydrogen) atoms. The van der Waals surface area contributed by atoms with Crippen LogP contribution in [-0.2, 0) is 4.74 Å². The Hall–Kier alpha value is -2.68. The van der Waals surface area contributed by atoms with E-state index in [0.717, 1.165) is 27.7 Å². The van der Waals surface area contributed by atoms with Crippen LogP contribution < -0.4 is 0 Å². The maximum Gasteiger partial charge on any atom is 0.220 e. The van der Waals surface area contributed by atoms with E-state index in [4.69, 9.17) is 4.74 Å². The van der Waals surface area contributed by atoms with Crippen molar-refractivity contribution < 1.29 is 9.13 Å². The molecule has 0 saturated heterocycles. The Morgan fingerprint density at radius 1 is 1.09 bits per heavy atom. The molecule has 0 unspecified atom stereocenters. The van der Waals surface area contributed by atoms with Gasteiger partial charge in [0, 0.05) is 16.8 Å². The molecule has 0 amide bonds. The lowest BCUT2D eigenvalue weighted by Crippen LogP contribution is -1.93. The second-order valence-electron chi connectivity index (χ2n) is 5.39. The summed E-state index contributed by atoms with van der Waals surface area (Å²) in [4.78, 5) is 3.94. The summed E-state index contributed by atoms with van der Waals surface area (Å²) >= 11 is 0. The molecular weight excluding hydrogens is 289 g/mol. The van der Waals surface area contributed by atoms with Gasteiger partial charge in [0.15, 0.2) is 0 Å². The predicted octanol–water partition coefficient (Wildman–Crippen LogP) is 5.36. The van der Waals surface area contributed by atoms with E-state index in [1.165, 1.54) is 0 Å². The van der Waals surface area contributed by atoms with E-state index in [1.807, 2.05) is 55.5 Å². The van der Waals surface area contributed by atoms with Crippen LogP contribution in [0, 0.1) is 12.9 Å². The normalized spacial score (nSPS) is 11.7. The van der Waals surface area contributed by atoms with E-state index < -0.39 is 5.95 Å². The lowest BCUT2D eigenvalue weighted by Gasteiger charge is -2.11. The highest BCUT2D eigenvalue weighted by Gasteiger charge is 2.11. The van der Waals surface area contributed by atoms with E-state index in [0.29, 0.717) is 11.3 Å². The number of hydrogen-bond donors (Lipinski definition) is 0. The smallest absolute Gasteiger partial charge is 0.220 e. The zero-order valence-corrected chi connectivity index (χ0v) is 13.4. The number of aryl methyl sites for hydroxylation is 1. The Balaban J connectivity index is 2.26. The monoisotopic (exact) mass is 307 g/mol. The van der Waals surface area contributed by atoms with Crippen molar-refractivity contribution >= 4 is 16.5 Å². The third kappa shape index (κ3) is 2.82. The number of ether oxygens (including phenoxy) is 1. The van der Waals surface area contributed by atoms with Crippen molar-refractivity contribution in [3.05, 3.63) is 71.8 Å². The van der Waals surface area contributed by atoms with Crippen LogP contribution in [0.2, 0.25) is 0 Å². The molecule has 1 heterocycles. The summed E-state index contributed by atoms with van der Waals surface area (Å²) in [6.45, 7) is 3.71. The first-order valence-electron chi connectivity index (χ1n) is 7.51. The highest BCUT2D eigenvalue weighted by atomic mass is 19.1. The van der Waals surface area contributed by atoms with E-state index in [1.54, 1.807) is 20.1 Å². The Labute approximate surface area is 135 Å². The Morgan fingerprint density at radius 3 is 2.61 bits per heavy atom. The number of allylic oxidation sites excluding steroid dienone is 1. The first kappa shape index (κ1) is 15.2. The second kappa shape index (κ2) is 6.21. The zero-order valence-electron chi connectivity index (χ0n) is 13.4. The Morgan fingerprint density at radius 2 is 1.91 bits per heavy atom. The van der Waals surface area contributed by atoms with Crippen molar-refractivity contribution in [2.75, 3.05) is 7.11 Å². The molecule has 1 aromatic heterocycles. The fraction of sp³-hybridized carbons (Fsp3) is 0.150. The van der Waals surface area contributed by atoms with Crippen molar-refractivity contribution in [3.63, 3.8) is 0 Å². The minimum absolute atomic E-state index is 0.444. The van der Waals surface area contributed by atoms with Crippen molar-refractivity contribution in [2.45, 2.75) is 13.8 Å². The molecule has 3 rings (SSSR count). The van der Waals surface area contributed by atoms with Crippen molar-refractivity contribution in [1.29, 1.82) is 0 Å². The summed E-state index contributed by atoms with van der Waals surface area (Å²) in [7, 11) is 1.65. The molecule has 0 aliphatic carbocycles. The molecule has 0 bridgehead atoms. The highest BCUT2D eigenvalue weighted by Crippen LogP contribution is 2.32. The van der Waals surface area contributed by atoms with E-state index in [-0.39, 0.29) is 0 Å². The van der Waals surface area contributed by atoms with Crippen LogP contribution in [0.1, 0.15) is 18.2 Å². The fourth-order valence-corrected chi connectivity index (χ4v) is 2.79. The molecule has 0 atom stereocenters. The zero-order chi connectivity index (χ0) is 16.4. The van der Waals surface area contributed by atoms with Gasteiger partial charge >= 0.3 is 0 Å². The molecule has 116 valence electrons. The van der Waals surface area contributed by atoms with Crippen LogP contribution in [0.4, 0.5) is 4.39 Å². The summed E-state index contributed by atoms with van der Waals surface area (Å²) < 4.78 is 19.7. The Bertz CT molecular complexity index is 899. The van der Waals surface area contributed by atoms with Crippen LogP contribution in [0.5, 0.6) is 0 Å². The number of benzene rings is 2. The lowest BCUT2D eigenvalue weighted by molar-refractivity contribution is 0.369. The number of aromatic nitrogens is 1. The largest absolute Gasteiger partial charge is 0.496 e. The quantitative estimate of drug-likeness (QED) is 0.480. The van der Waals surface area contributed by atoms with Gasteiger partial charge in [-0.1, -0.05) is 30.3 Å². The van der Waals surface area contributed by atoms with Crippen LogP contribution in [0.3, 0.4) is 0 Å². The topological polar surface area (TPSA) is 22.1 Å². The van der Waals surface area contributed by atoms with Gasteiger partial charge in [-0.05, 0) is 54.5 Å². The highest BCUT2D eigenvalue weighted by molar-refractivity contribution is 5.98. The number of pyridine rings is 1. The van der Waals surface area contributed by atoms with Gasteiger partial charge < -0.3 is 4.74 Å². The predicted molar refractivity (Wildman–Crippen MR) is 92.5 cm³/mol. The summed E-state index contributed by atoms with van der Waals surface area (Å²) in [5, 5.41) is 2.03. The number of hydrogen-bond acceptors (Lipinski definition) is 2. The second-order valence-corrected chi connectivity index (χ2v) is 5.39.